The second-order valence-electron chi connectivity index (χ2n) is 10.6. The number of nitrogens with zero attached hydrogens (tertiary/aromatic N) is 1. The Morgan fingerprint density at radius 1 is 0.800 bits per heavy atom. The number of carbonyl (C=O) groups excluding carboxylic acids is 3. The van der Waals surface area contributed by atoms with Gasteiger partial charge in [-0.2, -0.15) is 0 Å². The monoisotopic (exact) mass is 544 g/mol. The fraction of sp³-hybridized carbons (Fsp3) is 0.147. The molecule has 0 aliphatic carbocycles. The van der Waals surface area contributed by atoms with E-state index >= 15 is 0 Å². The van der Waals surface area contributed by atoms with Crippen molar-refractivity contribution in [1.82, 2.24) is 0 Å². The van der Waals surface area contributed by atoms with Crippen molar-refractivity contribution < 1.29 is 14.4 Å². The molecule has 1 N–H and O–H groups in total. The third-order valence-corrected chi connectivity index (χ3v) is 8.87. The molecule has 0 unspecified atom stereocenters. The van der Waals surface area contributed by atoms with Gasteiger partial charge in [-0.15, -0.1) is 0 Å². The lowest BCUT2D eigenvalue weighted by atomic mass is 9.64. The molecular formula is C34H25ClN2O3. The maximum atomic E-state index is 14.7. The summed E-state index contributed by atoms with van der Waals surface area (Å²) in [4.78, 5) is 45.7. The van der Waals surface area contributed by atoms with E-state index in [2.05, 4.69) is 11.4 Å². The summed E-state index contributed by atoms with van der Waals surface area (Å²) in [6.45, 7) is 2.02. The first-order chi connectivity index (χ1) is 19.4. The number of Topliss-reactive ketones (excluding diaryl/α,β-unsaturated/α-hetero) is 2. The minimum Gasteiger partial charge on any atom is -0.352 e. The largest absolute Gasteiger partial charge is 0.352 e. The summed E-state index contributed by atoms with van der Waals surface area (Å²) >= 11 is 6.17. The van der Waals surface area contributed by atoms with Crippen molar-refractivity contribution in [2.75, 3.05) is 10.2 Å². The van der Waals surface area contributed by atoms with Gasteiger partial charge in [0.2, 0.25) is 5.91 Å². The lowest BCUT2D eigenvalue weighted by molar-refractivity contribution is -0.121. The maximum absolute atomic E-state index is 14.7. The van der Waals surface area contributed by atoms with Crippen molar-refractivity contribution >= 4 is 46.0 Å². The Balaban J connectivity index is 1.56. The lowest BCUT2D eigenvalue weighted by Crippen LogP contribution is -2.51. The zero-order chi connectivity index (χ0) is 27.6. The molecule has 4 atom stereocenters. The highest BCUT2D eigenvalue weighted by Crippen LogP contribution is 2.58. The molecule has 5 nitrogen and oxygen atoms in total. The maximum Gasteiger partial charge on any atom is 0.238 e. The third kappa shape index (κ3) is 3.31. The molecule has 7 rings (SSSR count). The van der Waals surface area contributed by atoms with E-state index < -0.39 is 23.4 Å². The van der Waals surface area contributed by atoms with E-state index in [1.165, 1.54) is 0 Å². The second kappa shape index (κ2) is 9.04. The van der Waals surface area contributed by atoms with Gasteiger partial charge in [0.1, 0.15) is 11.5 Å². The number of carbonyl (C=O) groups is 3. The molecule has 0 saturated carbocycles. The van der Waals surface area contributed by atoms with Crippen LogP contribution >= 0.6 is 11.6 Å². The Kier molecular flexibility index (Phi) is 5.55. The highest BCUT2D eigenvalue weighted by molar-refractivity contribution is 6.30. The van der Waals surface area contributed by atoms with E-state index in [-0.39, 0.29) is 17.5 Å². The van der Waals surface area contributed by atoms with Gasteiger partial charge < -0.3 is 10.2 Å². The van der Waals surface area contributed by atoms with Crippen LogP contribution in [0.15, 0.2) is 109 Å². The minimum absolute atomic E-state index is 0.199. The number of allylic oxidation sites excluding steroid dienone is 1. The van der Waals surface area contributed by atoms with E-state index in [9.17, 15) is 14.4 Å². The summed E-state index contributed by atoms with van der Waals surface area (Å²) in [5, 5.41) is 3.57. The molecule has 6 heteroatoms. The van der Waals surface area contributed by atoms with E-state index in [4.69, 9.17) is 11.6 Å². The van der Waals surface area contributed by atoms with E-state index in [1.807, 2.05) is 78.6 Å². The van der Waals surface area contributed by atoms with Crippen LogP contribution in [0, 0.1) is 5.92 Å². The number of anilines is 2. The highest BCUT2D eigenvalue weighted by atomic mass is 35.5. The van der Waals surface area contributed by atoms with Gasteiger partial charge in [-0.05, 0) is 54.5 Å². The molecule has 1 spiro atoms. The first-order valence-electron chi connectivity index (χ1n) is 13.3. The fourth-order valence-electron chi connectivity index (χ4n) is 6.95. The molecule has 4 aromatic rings. The third-order valence-electron chi connectivity index (χ3n) is 8.62. The molecule has 4 aromatic carbocycles. The number of halogens is 1. The van der Waals surface area contributed by atoms with Crippen molar-refractivity contribution in [3.05, 3.63) is 136 Å². The number of fused-ring (bicyclic) bond motifs is 6. The predicted molar refractivity (Wildman–Crippen MR) is 157 cm³/mol. The molecule has 40 heavy (non-hydrogen) atoms. The number of rotatable bonds is 4. The van der Waals surface area contributed by atoms with Crippen molar-refractivity contribution in [3.8, 4) is 0 Å². The summed E-state index contributed by atoms with van der Waals surface area (Å²) in [7, 11) is 0. The van der Waals surface area contributed by atoms with Crippen LogP contribution in [0.25, 0.3) is 5.57 Å². The molecule has 1 saturated heterocycles. The van der Waals surface area contributed by atoms with Gasteiger partial charge in [-0.25, -0.2) is 0 Å². The van der Waals surface area contributed by atoms with Crippen LogP contribution < -0.4 is 10.2 Å². The van der Waals surface area contributed by atoms with Gasteiger partial charge in [-0.3, -0.25) is 14.4 Å². The number of benzene rings is 4. The number of hydrogen-bond donors (Lipinski definition) is 1. The normalized spacial score (nSPS) is 24.1. The van der Waals surface area contributed by atoms with Gasteiger partial charge in [-0.1, -0.05) is 84.4 Å². The molecule has 0 aromatic heterocycles. The van der Waals surface area contributed by atoms with Crippen LogP contribution in [0.2, 0.25) is 5.02 Å². The Morgan fingerprint density at radius 3 is 2.23 bits per heavy atom. The molecule has 3 heterocycles. The molecular weight excluding hydrogens is 520 g/mol. The summed E-state index contributed by atoms with van der Waals surface area (Å²) in [6, 6.07) is 29.6. The van der Waals surface area contributed by atoms with E-state index in [0.29, 0.717) is 21.8 Å². The van der Waals surface area contributed by atoms with Gasteiger partial charge in [0.15, 0.2) is 11.6 Å². The average molecular weight is 545 g/mol. The topological polar surface area (TPSA) is 66.5 Å². The zero-order valence-electron chi connectivity index (χ0n) is 21.7. The number of amides is 1. The molecule has 196 valence electrons. The van der Waals surface area contributed by atoms with Gasteiger partial charge >= 0.3 is 0 Å². The minimum atomic E-state index is -1.34. The fourth-order valence-corrected chi connectivity index (χ4v) is 7.08. The Morgan fingerprint density at radius 2 is 1.45 bits per heavy atom. The quantitative estimate of drug-likeness (QED) is 0.294. The number of hydrogen-bond acceptors (Lipinski definition) is 4. The number of ketones is 2. The van der Waals surface area contributed by atoms with Crippen molar-refractivity contribution in [3.63, 3.8) is 0 Å². The summed E-state index contributed by atoms with van der Waals surface area (Å²) < 4.78 is 0. The van der Waals surface area contributed by atoms with Gasteiger partial charge in [0, 0.05) is 33.1 Å². The molecule has 0 bridgehead atoms. The molecule has 1 fully saturated rings. The Labute approximate surface area is 237 Å². The van der Waals surface area contributed by atoms with Gasteiger partial charge in [0.05, 0.1) is 12.0 Å². The van der Waals surface area contributed by atoms with Crippen LogP contribution in [-0.2, 0) is 10.2 Å². The number of nitrogens with one attached hydrogen (secondary N) is 1. The summed E-state index contributed by atoms with van der Waals surface area (Å²) in [5.74, 6) is -1.75. The lowest BCUT2D eigenvalue weighted by Gasteiger charge is -2.39. The molecule has 3 aliphatic rings. The second-order valence-corrected chi connectivity index (χ2v) is 11.0. The first kappa shape index (κ1) is 24.6. The van der Waals surface area contributed by atoms with Crippen LogP contribution in [-0.4, -0.2) is 29.6 Å². The smallest absolute Gasteiger partial charge is 0.238 e. The highest BCUT2D eigenvalue weighted by Gasteiger charge is 2.70. The van der Waals surface area contributed by atoms with Gasteiger partial charge in [0.25, 0.3) is 0 Å². The van der Waals surface area contributed by atoms with Crippen LogP contribution in [0.1, 0.15) is 38.8 Å². The van der Waals surface area contributed by atoms with E-state index in [1.54, 1.807) is 36.4 Å². The molecule has 1 amide bonds. The van der Waals surface area contributed by atoms with Crippen molar-refractivity contribution in [2.24, 2.45) is 5.92 Å². The first-order valence-corrected chi connectivity index (χ1v) is 13.7. The summed E-state index contributed by atoms with van der Waals surface area (Å²) in [6.07, 6.45) is 2.06. The molecule has 3 aliphatic heterocycles. The average Bonchev–Trinajstić information content (AvgIpc) is 3.45. The zero-order valence-corrected chi connectivity index (χ0v) is 22.4. The van der Waals surface area contributed by atoms with Crippen LogP contribution in [0.3, 0.4) is 0 Å². The Bertz CT molecular complexity index is 1730. The van der Waals surface area contributed by atoms with E-state index in [0.717, 1.165) is 22.4 Å². The molecule has 0 radical (unpaired) electrons. The number of para-hydroxylation sites is 2. The SMILES string of the molecule is CC1=C[C@@H]2N(c3ccccc31)[C@H](C(=O)c1ccccc1)[C@H](C(=O)c1ccc(Cl)cc1)[C@@]21C(=O)Nc2ccccc21. The predicted octanol–water partition coefficient (Wildman–Crippen LogP) is 6.59. The standard InChI is InChI=1S/C34H25ClN2O3/c1-20-19-28-34(25-12-6-7-13-26(25)36-33(34)40)29(31(38)22-15-17-23(35)18-16-22)30(32(39)21-9-3-2-4-10-21)37(28)27-14-8-5-11-24(20)27/h2-19,28-30H,1H3,(H,36,40)/t28-,29+,30-,34-/m0/s1. The summed E-state index contributed by atoms with van der Waals surface area (Å²) in [5.41, 5.74) is 3.78. The van der Waals surface area contributed by atoms with Crippen LogP contribution in [0.4, 0.5) is 11.4 Å². The van der Waals surface area contributed by atoms with Crippen LogP contribution in [0.5, 0.6) is 0 Å². The van der Waals surface area contributed by atoms with Crippen molar-refractivity contribution in [2.45, 2.75) is 24.4 Å². The van der Waals surface area contributed by atoms with Crippen molar-refractivity contribution in [1.29, 1.82) is 0 Å². The Hall–Kier alpha value is -4.48.